The lowest BCUT2D eigenvalue weighted by molar-refractivity contribution is 0.185. The zero-order chi connectivity index (χ0) is 10.6. The van der Waals surface area contributed by atoms with Gasteiger partial charge in [0.15, 0.2) is 0 Å². The van der Waals surface area contributed by atoms with Crippen molar-refractivity contribution in [1.82, 2.24) is 9.80 Å². The summed E-state index contributed by atoms with van der Waals surface area (Å²) in [4.78, 5) is 4.56. The fraction of sp³-hybridized carbons (Fsp3) is 0.636. The van der Waals surface area contributed by atoms with E-state index in [9.17, 15) is 0 Å². The number of likely N-dealkylation sites (N-methyl/N-ethyl adjacent to an activating group) is 1. The van der Waals surface area contributed by atoms with E-state index in [0.29, 0.717) is 0 Å². The van der Waals surface area contributed by atoms with E-state index >= 15 is 0 Å². The minimum Gasteiger partial charge on any atom is -0.385 e. The van der Waals surface area contributed by atoms with Crippen LogP contribution in [0.5, 0.6) is 0 Å². The molecule has 0 aromatic rings. The monoisotopic (exact) mass is 195 g/mol. The van der Waals surface area contributed by atoms with Gasteiger partial charge in [0, 0.05) is 26.2 Å². The average molecular weight is 195 g/mol. The molecule has 0 radical (unpaired) electrons. The van der Waals surface area contributed by atoms with Gasteiger partial charge in [-0.3, -0.25) is 0 Å². The van der Waals surface area contributed by atoms with Gasteiger partial charge < -0.3 is 15.5 Å². The molecular weight excluding hydrogens is 174 g/mol. The number of nitrogens with zero attached hydrogens (tertiary/aromatic N) is 2. The fourth-order valence-corrected chi connectivity index (χ4v) is 1.42. The molecule has 3 heteroatoms. The van der Waals surface area contributed by atoms with Crippen LogP contribution in [0.1, 0.15) is 13.8 Å². The molecule has 0 aliphatic carbocycles. The molecule has 0 bridgehead atoms. The Morgan fingerprint density at radius 1 is 1.07 bits per heavy atom. The Bertz CT molecular complexity index is 231. The first kappa shape index (κ1) is 11.1. The summed E-state index contributed by atoms with van der Waals surface area (Å²) in [6.07, 6.45) is 4.06. The van der Waals surface area contributed by atoms with Gasteiger partial charge in [0.2, 0.25) is 0 Å². The van der Waals surface area contributed by atoms with E-state index in [1.165, 1.54) is 5.57 Å². The number of hydrogen-bond donors (Lipinski definition) is 1. The summed E-state index contributed by atoms with van der Waals surface area (Å²) >= 11 is 0. The van der Waals surface area contributed by atoms with Gasteiger partial charge in [-0.2, -0.15) is 0 Å². The van der Waals surface area contributed by atoms with Crippen molar-refractivity contribution in [1.29, 1.82) is 0 Å². The summed E-state index contributed by atoms with van der Waals surface area (Å²) in [7, 11) is 2.15. The second-order valence-electron chi connectivity index (χ2n) is 4.13. The molecule has 1 aliphatic rings. The maximum absolute atomic E-state index is 5.97. The fourth-order valence-electron chi connectivity index (χ4n) is 1.42. The Labute approximate surface area is 86.9 Å². The third-order valence-electron chi connectivity index (χ3n) is 2.46. The van der Waals surface area contributed by atoms with E-state index < -0.39 is 0 Å². The molecule has 80 valence electrons. The Balaban J connectivity index is 2.49. The molecule has 3 nitrogen and oxygen atoms in total. The first-order chi connectivity index (χ1) is 6.59. The number of hydrogen-bond acceptors (Lipinski definition) is 3. The molecule has 0 aromatic heterocycles. The van der Waals surface area contributed by atoms with Crippen molar-refractivity contribution in [3.63, 3.8) is 0 Å². The molecule has 1 fully saturated rings. The van der Waals surface area contributed by atoms with Gasteiger partial charge in [-0.05, 0) is 27.0 Å². The first-order valence-corrected chi connectivity index (χ1v) is 5.14. The summed E-state index contributed by atoms with van der Waals surface area (Å²) in [5.74, 6) is 0.888. The number of nitrogens with two attached hydrogens (primary N) is 1. The van der Waals surface area contributed by atoms with E-state index in [4.69, 9.17) is 5.73 Å². The Morgan fingerprint density at radius 2 is 1.64 bits per heavy atom. The summed E-state index contributed by atoms with van der Waals surface area (Å²) in [6.45, 7) is 8.43. The van der Waals surface area contributed by atoms with Crippen LogP contribution in [0.4, 0.5) is 0 Å². The highest BCUT2D eigenvalue weighted by atomic mass is 15.3. The Hall–Kier alpha value is -0.960. The molecule has 2 N–H and O–H groups in total. The van der Waals surface area contributed by atoms with Crippen LogP contribution in [0.25, 0.3) is 0 Å². The molecule has 1 heterocycles. The summed E-state index contributed by atoms with van der Waals surface area (Å²) in [5, 5.41) is 0. The molecule has 0 atom stereocenters. The predicted molar refractivity (Wildman–Crippen MR) is 60.8 cm³/mol. The molecule has 1 rings (SSSR count). The predicted octanol–water partition coefficient (Wildman–Crippen LogP) is 1.00. The third-order valence-corrected chi connectivity index (χ3v) is 2.46. The van der Waals surface area contributed by atoms with Crippen molar-refractivity contribution in [2.45, 2.75) is 13.8 Å². The summed E-state index contributed by atoms with van der Waals surface area (Å²) in [5.41, 5.74) is 7.25. The van der Waals surface area contributed by atoms with Crippen LogP contribution in [-0.2, 0) is 0 Å². The quantitative estimate of drug-likeness (QED) is 0.667. The van der Waals surface area contributed by atoms with Crippen molar-refractivity contribution >= 4 is 0 Å². The highest BCUT2D eigenvalue weighted by molar-refractivity contribution is 5.13. The van der Waals surface area contributed by atoms with Gasteiger partial charge in [0.1, 0.15) is 0 Å². The van der Waals surface area contributed by atoms with Crippen LogP contribution in [0, 0.1) is 0 Å². The van der Waals surface area contributed by atoms with Crippen molar-refractivity contribution in [3.05, 3.63) is 23.5 Å². The summed E-state index contributed by atoms with van der Waals surface area (Å²) < 4.78 is 0. The van der Waals surface area contributed by atoms with Crippen LogP contribution in [0.15, 0.2) is 23.5 Å². The standard InChI is InChI=1S/C11H21N3/c1-10(2)4-5-11(12)14-8-6-13(3)7-9-14/h4-5H,6-9,12H2,1-3H3/b11-5+. The maximum Gasteiger partial charge on any atom is 0.0987 e. The Kier molecular flexibility index (Phi) is 4.01. The summed E-state index contributed by atoms with van der Waals surface area (Å²) in [6, 6.07) is 0. The van der Waals surface area contributed by atoms with Crippen molar-refractivity contribution in [2.75, 3.05) is 33.2 Å². The molecule has 0 amide bonds. The smallest absolute Gasteiger partial charge is 0.0987 e. The van der Waals surface area contributed by atoms with Gasteiger partial charge in [-0.15, -0.1) is 0 Å². The van der Waals surface area contributed by atoms with Crippen LogP contribution < -0.4 is 5.73 Å². The Morgan fingerprint density at radius 3 is 2.14 bits per heavy atom. The molecule has 0 saturated carbocycles. The van der Waals surface area contributed by atoms with Crippen molar-refractivity contribution < 1.29 is 0 Å². The molecule has 1 aliphatic heterocycles. The first-order valence-electron chi connectivity index (χ1n) is 5.14. The van der Waals surface area contributed by atoms with Crippen LogP contribution in [0.3, 0.4) is 0 Å². The lowest BCUT2D eigenvalue weighted by Gasteiger charge is -2.33. The second-order valence-corrected chi connectivity index (χ2v) is 4.13. The highest BCUT2D eigenvalue weighted by Crippen LogP contribution is 2.04. The minimum absolute atomic E-state index is 0.888. The molecule has 0 aromatic carbocycles. The minimum atomic E-state index is 0.888. The topological polar surface area (TPSA) is 32.5 Å². The SMILES string of the molecule is CC(C)=C/C=C(\N)N1CCN(C)CC1. The van der Waals surface area contributed by atoms with E-state index in [1.807, 2.05) is 6.08 Å². The number of rotatable bonds is 2. The van der Waals surface area contributed by atoms with Gasteiger partial charge >= 0.3 is 0 Å². The third kappa shape index (κ3) is 3.42. The van der Waals surface area contributed by atoms with E-state index in [0.717, 1.165) is 32.0 Å². The van der Waals surface area contributed by atoms with Gasteiger partial charge in [-0.25, -0.2) is 0 Å². The van der Waals surface area contributed by atoms with Gasteiger partial charge in [-0.1, -0.05) is 11.6 Å². The molecule has 14 heavy (non-hydrogen) atoms. The van der Waals surface area contributed by atoms with Crippen LogP contribution in [-0.4, -0.2) is 43.0 Å². The van der Waals surface area contributed by atoms with E-state index in [2.05, 4.69) is 36.8 Å². The van der Waals surface area contributed by atoms with Crippen LogP contribution in [0.2, 0.25) is 0 Å². The largest absolute Gasteiger partial charge is 0.385 e. The average Bonchev–Trinajstić information content (AvgIpc) is 2.15. The number of piperazine rings is 1. The van der Waals surface area contributed by atoms with Crippen molar-refractivity contribution in [2.24, 2.45) is 5.73 Å². The molecule has 0 unspecified atom stereocenters. The van der Waals surface area contributed by atoms with Gasteiger partial charge in [0.25, 0.3) is 0 Å². The van der Waals surface area contributed by atoms with Gasteiger partial charge in [0.05, 0.1) is 5.82 Å². The second kappa shape index (κ2) is 5.05. The molecule has 0 spiro atoms. The molecular formula is C11H21N3. The van der Waals surface area contributed by atoms with Crippen molar-refractivity contribution in [3.8, 4) is 0 Å². The highest BCUT2D eigenvalue weighted by Gasteiger charge is 2.13. The maximum atomic E-state index is 5.97. The lowest BCUT2D eigenvalue weighted by atomic mass is 10.3. The zero-order valence-corrected chi connectivity index (χ0v) is 9.45. The zero-order valence-electron chi connectivity index (χ0n) is 9.45. The number of allylic oxidation sites excluding steroid dienone is 3. The lowest BCUT2D eigenvalue weighted by Crippen LogP contribution is -2.45. The molecule has 1 saturated heterocycles. The van der Waals surface area contributed by atoms with E-state index in [-0.39, 0.29) is 0 Å². The van der Waals surface area contributed by atoms with Crippen LogP contribution >= 0.6 is 0 Å². The normalized spacial score (nSPS) is 19.6. The van der Waals surface area contributed by atoms with E-state index in [1.54, 1.807) is 0 Å².